The molecule has 0 aliphatic heterocycles. The Morgan fingerprint density at radius 3 is 0.762 bits per heavy atom. The van der Waals surface area contributed by atoms with E-state index >= 15 is 0 Å². The van der Waals surface area contributed by atoms with E-state index in [0.29, 0.717) is 19.3 Å². The summed E-state index contributed by atoms with van der Waals surface area (Å²) in [6.07, 6.45) is 89.5. The van der Waals surface area contributed by atoms with Gasteiger partial charge in [0.2, 0.25) is 0 Å². The van der Waals surface area contributed by atoms with Gasteiger partial charge in [0.25, 0.3) is 0 Å². The van der Waals surface area contributed by atoms with Crippen LogP contribution in [0.3, 0.4) is 0 Å². The molecule has 1 unspecified atom stereocenters. The van der Waals surface area contributed by atoms with Crippen LogP contribution < -0.4 is 0 Å². The highest BCUT2D eigenvalue weighted by Gasteiger charge is 2.19. The number of rotatable bonds is 64. The van der Waals surface area contributed by atoms with Crippen LogP contribution in [0.2, 0.25) is 0 Å². The van der Waals surface area contributed by atoms with E-state index in [9.17, 15) is 14.4 Å². The molecule has 464 valence electrons. The zero-order valence-corrected chi connectivity index (χ0v) is 53.3. The third kappa shape index (κ3) is 65.7. The van der Waals surface area contributed by atoms with Gasteiger partial charge in [-0.3, -0.25) is 14.4 Å². The van der Waals surface area contributed by atoms with Gasteiger partial charge >= 0.3 is 17.9 Å². The van der Waals surface area contributed by atoms with Crippen molar-refractivity contribution in [1.29, 1.82) is 0 Å². The average Bonchev–Trinajstić information content (AvgIpc) is 3.46. The molecule has 0 bridgehead atoms. The van der Waals surface area contributed by atoms with Crippen LogP contribution in [0.5, 0.6) is 0 Å². The standard InChI is InChI=1S/C74H132O6/c1-4-7-10-13-16-19-21-23-25-27-29-31-33-35-36-37-38-40-41-43-45-47-49-51-53-55-58-61-64-67-73(76)79-70-71(69-78-72(75)66-63-60-57-18-15-12-9-6-3)80-74(77)68-65-62-59-56-54-52-50-48-46-44-42-39-34-32-30-28-26-24-22-20-17-14-11-8-5-2/h8,11,17,20-21,23-24,26-27,29-30,32,71H,4-7,9-10,12-16,18-19,22,25,28,31,33-70H2,1-3H3/b11-8-,20-17-,23-21-,26-24-,29-27-,32-30-. The van der Waals surface area contributed by atoms with Crippen molar-refractivity contribution >= 4 is 17.9 Å². The predicted octanol–water partition coefficient (Wildman–Crippen LogP) is 24.1. The summed E-state index contributed by atoms with van der Waals surface area (Å²) in [4.78, 5) is 38.2. The fourth-order valence-corrected chi connectivity index (χ4v) is 10.2. The van der Waals surface area contributed by atoms with Gasteiger partial charge in [-0.25, -0.2) is 0 Å². The molecule has 1 atom stereocenters. The first kappa shape index (κ1) is 76.9. The molecule has 6 nitrogen and oxygen atoms in total. The van der Waals surface area contributed by atoms with Crippen LogP contribution in [0, 0.1) is 0 Å². The van der Waals surface area contributed by atoms with E-state index in [1.165, 1.54) is 231 Å². The van der Waals surface area contributed by atoms with Crippen molar-refractivity contribution in [3.8, 4) is 0 Å². The molecule has 0 aromatic heterocycles. The molecule has 0 saturated heterocycles. The minimum Gasteiger partial charge on any atom is -0.462 e. The Kier molecular flexibility index (Phi) is 65.7. The third-order valence-electron chi connectivity index (χ3n) is 15.4. The monoisotopic (exact) mass is 1120 g/mol. The van der Waals surface area contributed by atoms with E-state index in [-0.39, 0.29) is 31.1 Å². The molecule has 0 fully saturated rings. The van der Waals surface area contributed by atoms with Crippen LogP contribution in [-0.2, 0) is 28.6 Å². The average molecular weight is 1120 g/mol. The number of hydrogen-bond acceptors (Lipinski definition) is 6. The smallest absolute Gasteiger partial charge is 0.306 e. The first-order valence-corrected chi connectivity index (χ1v) is 34.9. The van der Waals surface area contributed by atoms with Gasteiger partial charge in [-0.05, 0) is 89.9 Å². The molecule has 0 aromatic carbocycles. The van der Waals surface area contributed by atoms with E-state index in [2.05, 4.69) is 93.7 Å². The second-order valence-corrected chi connectivity index (χ2v) is 23.4. The molecule has 0 amide bonds. The Balaban J connectivity index is 4.09. The molecule has 0 aromatic rings. The molecule has 0 aliphatic rings. The van der Waals surface area contributed by atoms with Gasteiger partial charge in [-0.1, -0.05) is 325 Å². The Bertz CT molecular complexity index is 1470. The molecule has 6 heteroatoms. The second kappa shape index (κ2) is 68.3. The van der Waals surface area contributed by atoms with Gasteiger partial charge in [0.1, 0.15) is 13.2 Å². The van der Waals surface area contributed by atoms with Crippen LogP contribution in [0.15, 0.2) is 72.9 Å². The van der Waals surface area contributed by atoms with Crippen LogP contribution in [-0.4, -0.2) is 37.2 Å². The summed E-state index contributed by atoms with van der Waals surface area (Å²) in [6, 6.07) is 0. The summed E-state index contributed by atoms with van der Waals surface area (Å²) in [5.41, 5.74) is 0. The summed E-state index contributed by atoms with van der Waals surface area (Å²) in [5.74, 6) is -0.859. The van der Waals surface area contributed by atoms with Gasteiger partial charge in [0.05, 0.1) is 0 Å². The summed E-state index contributed by atoms with van der Waals surface area (Å²) in [6.45, 7) is 6.53. The van der Waals surface area contributed by atoms with Crippen LogP contribution in [0.4, 0.5) is 0 Å². The summed E-state index contributed by atoms with van der Waals surface area (Å²) in [7, 11) is 0. The summed E-state index contributed by atoms with van der Waals surface area (Å²) < 4.78 is 16.9. The van der Waals surface area contributed by atoms with Gasteiger partial charge < -0.3 is 14.2 Å². The van der Waals surface area contributed by atoms with E-state index < -0.39 is 6.10 Å². The fraction of sp³-hybridized carbons (Fsp3) is 0.797. The number of hydrogen-bond donors (Lipinski definition) is 0. The number of unbranched alkanes of at least 4 members (excludes halogenated alkanes) is 41. The van der Waals surface area contributed by atoms with Gasteiger partial charge in [0, 0.05) is 19.3 Å². The first-order chi connectivity index (χ1) is 39.5. The van der Waals surface area contributed by atoms with Crippen molar-refractivity contribution in [3.05, 3.63) is 72.9 Å². The topological polar surface area (TPSA) is 78.9 Å². The number of carbonyl (C=O) groups is 3. The number of esters is 3. The molecule has 0 aliphatic carbocycles. The molecule has 0 saturated carbocycles. The van der Waals surface area contributed by atoms with Crippen molar-refractivity contribution in [2.75, 3.05) is 13.2 Å². The lowest BCUT2D eigenvalue weighted by molar-refractivity contribution is -0.167. The largest absolute Gasteiger partial charge is 0.462 e. The maximum Gasteiger partial charge on any atom is 0.306 e. The highest BCUT2D eigenvalue weighted by atomic mass is 16.6. The Labute approximate surface area is 497 Å². The molecule has 0 N–H and O–H groups in total. The van der Waals surface area contributed by atoms with Crippen molar-refractivity contribution in [2.24, 2.45) is 0 Å². The van der Waals surface area contributed by atoms with E-state index in [1.54, 1.807) is 0 Å². The zero-order chi connectivity index (χ0) is 57.8. The van der Waals surface area contributed by atoms with Gasteiger partial charge in [0.15, 0.2) is 6.10 Å². The lowest BCUT2D eigenvalue weighted by Crippen LogP contribution is -2.30. The Morgan fingerprint density at radius 2 is 0.487 bits per heavy atom. The van der Waals surface area contributed by atoms with Crippen molar-refractivity contribution in [1.82, 2.24) is 0 Å². The number of allylic oxidation sites excluding steroid dienone is 12. The molecule has 0 spiro atoms. The van der Waals surface area contributed by atoms with E-state index in [0.717, 1.165) is 89.9 Å². The molecular formula is C74H132O6. The second-order valence-electron chi connectivity index (χ2n) is 23.4. The predicted molar refractivity (Wildman–Crippen MR) is 348 cm³/mol. The zero-order valence-electron chi connectivity index (χ0n) is 53.3. The molecular weight excluding hydrogens is 985 g/mol. The van der Waals surface area contributed by atoms with Crippen molar-refractivity contribution in [3.63, 3.8) is 0 Å². The number of ether oxygens (including phenoxy) is 3. The molecule has 0 radical (unpaired) electrons. The summed E-state index contributed by atoms with van der Waals surface area (Å²) >= 11 is 0. The van der Waals surface area contributed by atoms with Gasteiger partial charge in [-0.15, -0.1) is 0 Å². The van der Waals surface area contributed by atoms with Crippen LogP contribution in [0.25, 0.3) is 0 Å². The molecule has 0 heterocycles. The minimum absolute atomic E-state index is 0.0715. The highest BCUT2D eigenvalue weighted by Crippen LogP contribution is 2.18. The third-order valence-corrected chi connectivity index (χ3v) is 15.4. The molecule has 0 rings (SSSR count). The minimum atomic E-state index is -0.773. The maximum absolute atomic E-state index is 12.9. The maximum atomic E-state index is 12.9. The molecule has 80 heavy (non-hydrogen) atoms. The van der Waals surface area contributed by atoms with Crippen LogP contribution in [0.1, 0.15) is 361 Å². The quantitative estimate of drug-likeness (QED) is 0.0261. The normalized spacial score (nSPS) is 12.5. The highest BCUT2D eigenvalue weighted by molar-refractivity contribution is 5.71. The Morgan fingerprint density at radius 1 is 0.263 bits per heavy atom. The Hall–Kier alpha value is -3.15. The SMILES string of the molecule is CC/C=C\C/C=C\C/C=C\C/C=C\CCCCCCCCCCCCCCC(=O)OC(COC(=O)CCCCCCCCCC)COC(=O)CCCCCCCCCCCCCCCCCCC/C=C\C/C=C\CCCCCCC. The lowest BCUT2D eigenvalue weighted by Gasteiger charge is -2.18. The van der Waals surface area contributed by atoms with E-state index in [1.807, 2.05) is 0 Å². The fourth-order valence-electron chi connectivity index (χ4n) is 10.2. The lowest BCUT2D eigenvalue weighted by atomic mass is 10.0. The van der Waals surface area contributed by atoms with Crippen LogP contribution >= 0.6 is 0 Å². The van der Waals surface area contributed by atoms with Crippen molar-refractivity contribution < 1.29 is 28.6 Å². The number of carbonyl (C=O) groups excluding carboxylic acids is 3. The summed E-state index contributed by atoms with van der Waals surface area (Å²) in [5, 5.41) is 0. The first-order valence-electron chi connectivity index (χ1n) is 34.9. The van der Waals surface area contributed by atoms with Crippen molar-refractivity contribution in [2.45, 2.75) is 367 Å². The van der Waals surface area contributed by atoms with E-state index in [4.69, 9.17) is 14.2 Å². The van der Waals surface area contributed by atoms with Gasteiger partial charge in [-0.2, -0.15) is 0 Å².